The van der Waals surface area contributed by atoms with E-state index in [1.807, 2.05) is 0 Å². The number of hydrogen-bond acceptors (Lipinski definition) is 5. The van der Waals surface area contributed by atoms with Crippen LogP contribution in [-0.2, 0) is 0 Å². The maximum Gasteiger partial charge on any atom is 0.573 e. The van der Waals surface area contributed by atoms with Gasteiger partial charge in [0.25, 0.3) is 0 Å². The van der Waals surface area contributed by atoms with Gasteiger partial charge < -0.3 is 15.4 Å². The lowest BCUT2D eigenvalue weighted by molar-refractivity contribution is -0.274. The van der Waals surface area contributed by atoms with E-state index in [0.717, 1.165) is 18.3 Å². The number of rotatable bonds is 4. The minimum atomic E-state index is -4.75. The molecule has 1 heterocycles. The molecule has 0 amide bonds. The third kappa shape index (κ3) is 4.20. The summed E-state index contributed by atoms with van der Waals surface area (Å²) in [7, 11) is 1.57. The maximum atomic E-state index is 13.5. The number of hydrogen-bond donors (Lipinski definition) is 2. The number of nitrogens with zero attached hydrogens (tertiary/aromatic N) is 2. The van der Waals surface area contributed by atoms with Gasteiger partial charge in [-0.2, -0.15) is 4.98 Å². The van der Waals surface area contributed by atoms with Crippen LogP contribution in [-0.4, -0.2) is 23.4 Å². The van der Waals surface area contributed by atoms with E-state index in [1.54, 1.807) is 7.05 Å². The van der Waals surface area contributed by atoms with E-state index in [4.69, 9.17) is 0 Å². The zero-order chi connectivity index (χ0) is 15.5. The Bertz CT molecular complexity index is 616. The quantitative estimate of drug-likeness (QED) is 0.849. The van der Waals surface area contributed by atoms with Crippen molar-refractivity contribution in [3.8, 4) is 5.75 Å². The second-order valence-electron chi connectivity index (χ2n) is 3.84. The average Bonchev–Trinajstić information content (AvgIpc) is 2.42. The highest BCUT2D eigenvalue weighted by Crippen LogP contribution is 2.25. The Labute approximate surface area is 117 Å². The van der Waals surface area contributed by atoms with Crippen molar-refractivity contribution in [1.82, 2.24) is 9.97 Å². The highest BCUT2D eigenvalue weighted by molar-refractivity contribution is 5.58. The van der Waals surface area contributed by atoms with Gasteiger partial charge >= 0.3 is 6.36 Å². The lowest BCUT2D eigenvalue weighted by atomic mass is 10.3. The van der Waals surface area contributed by atoms with Gasteiger partial charge in [0.2, 0.25) is 5.95 Å². The van der Waals surface area contributed by atoms with Crippen LogP contribution in [0.3, 0.4) is 0 Å². The van der Waals surface area contributed by atoms with E-state index in [1.165, 1.54) is 12.1 Å². The van der Waals surface area contributed by atoms with Crippen molar-refractivity contribution in [3.63, 3.8) is 0 Å². The molecule has 0 bridgehead atoms. The van der Waals surface area contributed by atoms with Gasteiger partial charge in [-0.25, -0.2) is 9.37 Å². The van der Waals surface area contributed by atoms with Crippen molar-refractivity contribution in [2.45, 2.75) is 6.36 Å². The summed E-state index contributed by atoms with van der Waals surface area (Å²) in [5, 5.41) is 5.28. The summed E-state index contributed by atoms with van der Waals surface area (Å²) in [5.41, 5.74) is 0.351. The number of alkyl halides is 3. The smallest absolute Gasteiger partial charge is 0.406 e. The molecule has 5 nitrogen and oxygen atoms in total. The third-order valence-electron chi connectivity index (χ3n) is 2.32. The first-order valence-corrected chi connectivity index (χ1v) is 5.70. The molecular formula is C12H10F4N4O. The third-order valence-corrected chi connectivity index (χ3v) is 2.32. The predicted octanol–water partition coefficient (Wildman–Crippen LogP) is 3.30. The molecule has 2 N–H and O–H groups in total. The number of aromatic nitrogens is 2. The topological polar surface area (TPSA) is 59.1 Å². The van der Waals surface area contributed by atoms with Crippen LogP contribution in [0, 0.1) is 5.82 Å². The summed E-state index contributed by atoms with van der Waals surface area (Å²) in [5.74, 6) is -0.952. The normalized spacial score (nSPS) is 11.1. The fourth-order valence-corrected chi connectivity index (χ4v) is 1.45. The summed E-state index contributed by atoms with van der Waals surface area (Å²) >= 11 is 0. The Morgan fingerprint density at radius 2 is 1.81 bits per heavy atom. The fraction of sp³-hybridized carbons (Fsp3) is 0.167. The molecule has 0 aliphatic carbocycles. The summed E-state index contributed by atoms with van der Waals surface area (Å²) in [4.78, 5) is 7.52. The number of halogens is 4. The Balaban J connectivity index is 2.13. The van der Waals surface area contributed by atoms with Gasteiger partial charge in [0.05, 0.1) is 6.20 Å². The minimum absolute atomic E-state index is 0.0983. The molecule has 112 valence electrons. The van der Waals surface area contributed by atoms with Crippen LogP contribution in [0.5, 0.6) is 5.75 Å². The van der Waals surface area contributed by atoms with E-state index < -0.39 is 12.2 Å². The minimum Gasteiger partial charge on any atom is -0.406 e. The summed E-state index contributed by atoms with van der Waals surface area (Å²) in [6, 6.07) is 4.82. The molecule has 2 rings (SSSR count). The van der Waals surface area contributed by atoms with Gasteiger partial charge in [0, 0.05) is 12.7 Å². The van der Waals surface area contributed by atoms with E-state index in [-0.39, 0.29) is 17.5 Å². The first-order valence-electron chi connectivity index (χ1n) is 5.70. The van der Waals surface area contributed by atoms with E-state index in [9.17, 15) is 17.6 Å². The molecule has 0 radical (unpaired) electrons. The first-order chi connectivity index (χ1) is 9.87. The molecule has 1 aromatic carbocycles. The van der Waals surface area contributed by atoms with Crippen LogP contribution in [0.2, 0.25) is 0 Å². The van der Waals surface area contributed by atoms with Crippen LogP contribution in [0.15, 0.2) is 30.5 Å². The molecular weight excluding hydrogens is 292 g/mol. The molecule has 0 aliphatic heterocycles. The molecule has 0 saturated carbocycles. The van der Waals surface area contributed by atoms with Crippen LogP contribution < -0.4 is 15.4 Å². The SMILES string of the molecule is CNc1ncc(F)c(Nc2ccc(OC(F)(F)F)cc2)n1. The van der Waals surface area contributed by atoms with Crippen LogP contribution >= 0.6 is 0 Å². The number of anilines is 3. The molecule has 0 atom stereocenters. The monoisotopic (exact) mass is 302 g/mol. The van der Waals surface area contributed by atoms with Crippen molar-refractivity contribution in [1.29, 1.82) is 0 Å². The molecule has 0 unspecified atom stereocenters. The Hall–Kier alpha value is -2.58. The highest BCUT2D eigenvalue weighted by atomic mass is 19.4. The van der Waals surface area contributed by atoms with Crippen molar-refractivity contribution in [2.75, 3.05) is 17.7 Å². The molecule has 1 aromatic heterocycles. The van der Waals surface area contributed by atoms with Gasteiger partial charge in [0.1, 0.15) is 5.75 Å². The predicted molar refractivity (Wildman–Crippen MR) is 67.9 cm³/mol. The summed E-state index contributed by atoms with van der Waals surface area (Å²) in [6.07, 6.45) is -3.78. The zero-order valence-corrected chi connectivity index (χ0v) is 10.7. The van der Waals surface area contributed by atoms with Crippen LogP contribution in [0.1, 0.15) is 0 Å². The van der Waals surface area contributed by atoms with Gasteiger partial charge in [0.15, 0.2) is 11.6 Å². The zero-order valence-electron chi connectivity index (χ0n) is 10.7. The van der Waals surface area contributed by atoms with Gasteiger partial charge in [-0.05, 0) is 24.3 Å². The summed E-state index contributed by atoms with van der Waals surface area (Å²) < 4.78 is 53.3. The van der Waals surface area contributed by atoms with Crippen molar-refractivity contribution < 1.29 is 22.3 Å². The number of benzene rings is 1. The lowest BCUT2D eigenvalue weighted by Crippen LogP contribution is -2.17. The van der Waals surface area contributed by atoms with E-state index in [2.05, 4.69) is 25.3 Å². The van der Waals surface area contributed by atoms with Crippen molar-refractivity contribution in [2.24, 2.45) is 0 Å². The van der Waals surface area contributed by atoms with E-state index >= 15 is 0 Å². The van der Waals surface area contributed by atoms with Gasteiger partial charge in [-0.1, -0.05) is 0 Å². The Kier molecular flexibility index (Phi) is 4.10. The molecule has 0 saturated heterocycles. The molecule has 21 heavy (non-hydrogen) atoms. The largest absolute Gasteiger partial charge is 0.573 e. The molecule has 0 fully saturated rings. The average molecular weight is 302 g/mol. The van der Waals surface area contributed by atoms with Crippen LogP contribution in [0.4, 0.5) is 35.0 Å². The number of ether oxygens (including phenoxy) is 1. The maximum absolute atomic E-state index is 13.5. The second-order valence-corrected chi connectivity index (χ2v) is 3.84. The fourth-order valence-electron chi connectivity index (χ4n) is 1.45. The van der Waals surface area contributed by atoms with Crippen molar-refractivity contribution in [3.05, 3.63) is 36.3 Å². The molecule has 2 aromatic rings. The standard InChI is InChI=1S/C12H10F4N4O/c1-17-11-18-6-9(13)10(20-11)19-7-2-4-8(5-3-7)21-12(14,15)16/h2-6H,1H3,(H2,17,18,19,20). The molecule has 9 heteroatoms. The second kappa shape index (κ2) is 5.81. The Morgan fingerprint density at radius 3 is 2.38 bits per heavy atom. The first kappa shape index (κ1) is 14.8. The molecule has 0 aliphatic rings. The number of nitrogens with one attached hydrogen (secondary N) is 2. The Morgan fingerprint density at radius 1 is 1.14 bits per heavy atom. The highest BCUT2D eigenvalue weighted by Gasteiger charge is 2.30. The lowest BCUT2D eigenvalue weighted by Gasteiger charge is -2.10. The van der Waals surface area contributed by atoms with Crippen molar-refractivity contribution >= 4 is 17.5 Å². The van der Waals surface area contributed by atoms with Gasteiger partial charge in [-0.3, -0.25) is 0 Å². The molecule has 0 spiro atoms. The van der Waals surface area contributed by atoms with Crippen LogP contribution in [0.25, 0.3) is 0 Å². The summed E-state index contributed by atoms with van der Waals surface area (Å²) in [6.45, 7) is 0. The van der Waals surface area contributed by atoms with Gasteiger partial charge in [-0.15, -0.1) is 13.2 Å². The van der Waals surface area contributed by atoms with E-state index in [0.29, 0.717) is 5.69 Å².